The molecular formula is H71B69. The average Bonchev–Trinajstić information content (AvgIpc) is 3.12. The normalized spacial score (nSPS) is 9.74. The second kappa shape index (κ2) is 33.9. The molecule has 0 radical (unpaired) electrons. The lowest BCUT2D eigenvalue weighted by molar-refractivity contribution is 3.15. The lowest BCUT2D eigenvalue weighted by Gasteiger charge is -2.59. The number of rotatable bonds is 33. The van der Waals surface area contributed by atoms with Crippen molar-refractivity contribution in [2.24, 2.45) is 0 Å². The average molecular weight is 818 g/mol. The van der Waals surface area contributed by atoms with Gasteiger partial charge in [0.05, 0.1) is 271 Å². The fourth-order valence-corrected chi connectivity index (χ4v) is 19.9. The van der Waals surface area contributed by atoms with Gasteiger partial charge >= 0.3 is 0 Å². The summed E-state index contributed by atoms with van der Waals surface area (Å²) in [5.41, 5.74) is 0. The summed E-state index contributed by atoms with van der Waals surface area (Å²) in [5.74, 6) is 0. The van der Waals surface area contributed by atoms with Gasteiger partial charge in [-0.1, -0.05) is 0 Å². The van der Waals surface area contributed by atoms with Crippen LogP contribution in [0.2, 0.25) is 0 Å². The van der Waals surface area contributed by atoms with Gasteiger partial charge in [-0.05, 0) is 0 Å². The molecule has 0 bridgehead atoms. The van der Waals surface area contributed by atoms with Crippen LogP contribution in [0.4, 0.5) is 0 Å². The third-order valence-corrected chi connectivity index (χ3v) is 20.4. The van der Waals surface area contributed by atoms with E-state index >= 15 is 0 Å². The Morgan fingerprint density at radius 2 is 0.232 bits per heavy atom. The Morgan fingerprint density at radius 3 is 0.333 bits per heavy atom. The van der Waals surface area contributed by atoms with E-state index in [-0.39, 0.29) is 0 Å². The van der Waals surface area contributed by atoms with Crippen LogP contribution in [0.15, 0.2) is 0 Å². The second-order valence-corrected chi connectivity index (χ2v) is 30.9. The smallest absolute Gasteiger partial charge is 0.00000572 e. The zero-order valence-corrected chi connectivity index (χ0v) is 54.8. The molecule has 0 spiro atoms. The third-order valence-electron chi connectivity index (χ3n) is 20.4. The van der Waals surface area contributed by atoms with Crippen LogP contribution in [0.5, 0.6) is 0 Å². The Balaban J connectivity index is 11.6. The number of hydrogen-bond donors (Lipinski definition) is 0. The van der Waals surface area contributed by atoms with E-state index in [4.69, 9.17) is 0 Å². The summed E-state index contributed by atoms with van der Waals surface area (Å²) in [6.45, 7) is 0. The van der Waals surface area contributed by atoms with Crippen LogP contribution >= 0.6 is 0 Å². The molecule has 0 nitrogen and oxygen atoms in total. The predicted octanol–water partition coefficient (Wildman–Crippen LogP) is -45.3. The maximum Gasteiger partial charge on any atom is 0.0593 e. The third kappa shape index (κ3) is 19.9. The Hall–Kier alpha value is 4.48. The van der Waals surface area contributed by atoms with E-state index in [9.17, 15) is 0 Å². The highest BCUT2D eigenvalue weighted by Crippen LogP contribution is 2.26. The molecule has 69 heteroatoms. The summed E-state index contributed by atoms with van der Waals surface area (Å²) in [7, 11) is 95.1. The van der Waals surface area contributed by atoms with Crippen molar-refractivity contribution in [2.45, 2.75) is 0 Å². The molecule has 0 aromatic heterocycles. The summed E-state index contributed by atoms with van der Waals surface area (Å²) in [6, 6.07) is 0. The molecule has 0 rings (SSSR count). The van der Waals surface area contributed by atoms with E-state index < -0.39 is 0 Å². The molecule has 0 aromatic rings. The highest BCUT2D eigenvalue weighted by atomic mass is 13.5. The van der Waals surface area contributed by atoms with Gasteiger partial charge in [-0.2, -0.15) is 0 Å². The first-order valence-corrected chi connectivity index (χ1v) is 31.4. The molecular weight excluding hydrogens is 746 g/mol. The standard InChI is InChI=1S/B69H71/c1-36-54(37(2)3)63(55(38(4)5)39(6)7)67(62(52(32)33)53(34)35)69(66(60(48(24)25)49(26)27)61(50(28)29)51(30)31)68(64(56(40(8)9)41(10)11)57(42(12)13)43(14)15)65(58(44(16)17)45(18)19)59(46(20)21)47(22)23/h36H,1-35H2. The summed E-state index contributed by atoms with van der Waals surface area (Å²) in [4.78, 5) is 0. The van der Waals surface area contributed by atoms with Crippen molar-refractivity contribution < 1.29 is 0 Å². The molecule has 0 unspecified atom stereocenters. The van der Waals surface area contributed by atoms with Crippen LogP contribution < -0.4 is 0 Å². The first-order chi connectivity index (χ1) is 31.4. The fourth-order valence-electron chi connectivity index (χ4n) is 19.9. The summed E-state index contributed by atoms with van der Waals surface area (Å²) < 4.78 is 0. The van der Waals surface area contributed by atoms with E-state index in [1.807, 2.05) is 0 Å². The molecule has 0 fully saturated rings. The highest BCUT2D eigenvalue weighted by Gasteiger charge is 2.65. The maximum atomic E-state index is 2.71. The van der Waals surface area contributed by atoms with E-state index in [0.717, 1.165) is 0 Å². The molecule has 0 heterocycles. The molecule has 0 saturated heterocycles. The molecule has 278 valence electrons. The molecule has 0 aliphatic rings. The highest BCUT2D eigenvalue weighted by molar-refractivity contribution is 8.39. The van der Waals surface area contributed by atoms with E-state index in [2.05, 4.69) is 271 Å². The van der Waals surface area contributed by atoms with Crippen LogP contribution in [-0.2, 0) is 0 Å². The SMILES string of the molecule is BBB(B(B)B)B(B(B(B)B)B(B)B)B(B(B(B)B)B(B)B)B(B(B(B(B)B)B(B)B)B(B(B)B)B(B)B)B(B(B(B(B)B)B(B)B)B(B(B)B)B(B)B)B(B(B(B)B)B(B)B)B(B(B)B)B(B)B. The molecule has 69 heavy (non-hydrogen) atoms. The monoisotopic (exact) mass is 831 g/mol. The van der Waals surface area contributed by atoms with Crippen molar-refractivity contribution in [1.82, 2.24) is 0 Å². The summed E-state index contributed by atoms with van der Waals surface area (Å²) >= 11 is 0. The van der Waals surface area contributed by atoms with Gasteiger partial charge in [0.1, 0.15) is 0 Å². The van der Waals surface area contributed by atoms with Crippen molar-refractivity contribution in [1.29, 1.82) is 0 Å². The van der Waals surface area contributed by atoms with Gasteiger partial charge < -0.3 is 0 Å². The maximum absolute atomic E-state index is 2.71. The number of hydrogen-bond acceptors (Lipinski definition) is 0. The van der Waals surface area contributed by atoms with Crippen LogP contribution in [0.25, 0.3) is 0 Å². The fraction of sp³-hybridized carbons (Fsp3) is 0. The Morgan fingerprint density at radius 1 is 0.130 bits per heavy atom. The van der Waals surface area contributed by atoms with E-state index in [1.54, 1.807) is 0 Å². The van der Waals surface area contributed by atoms with Crippen LogP contribution in [0.3, 0.4) is 0 Å². The molecule has 0 amide bonds. The minimum atomic E-state index is 0.581. The van der Waals surface area contributed by atoms with E-state index in [1.165, 1.54) is 7.06 Å². The quantitative estimate of drug-likeness (QED) is 0.0579. The minimum absolute atomic E-state index is 0.581. The minimum Gasteiger partial charge on any atom is 0.00000572 e. The van der Waals surface area contributed by atoms with Gasteiger partial charge in [0, 0.05) is 218 Å². The van der Waals surface area contributed by atoms with Gasteiger partial charge in [-0.3, -0.25) is 0 Å². The largest absolute Gasteiger partial charge is 0.0593 e. The van der Waals surface area contributed by atoms with Crippen LogP contribution in [-0.4, -0.2) is 489 Å². The predicted molar refractivity (Wildman–Crippen MR) is 496 cm³/mol. The van der Waals surface area contributed by atoms with Crippen molar-refractivity contribution in [3.8, 4) is 0 Å². The molecule has 0 aliphatic carbocycles. The zero-order chi connectivity index (χ0) is 54.8. The lowest BCUT2D eigenvalue weighted by atomic mass is 8.21. The molecule has 0 saturated carbocycles. The molecule has 0 aromatic carbocycles. The first-order valence-electron chi connectivity index (χ1n) is 31.4. The van der Waals surface area contributed by atoms with E-state index in [0.29, 0.717) is 211 Å². The van der Waals surface area contributed by atoms with Gasteiger partial charge in [0.15, 0.2) is 0 Å². The van der Waals surface area contributed by atoms with Gasteiger partial charge in [-0.25, -0.2) is 0 Å². The second-order valence-electron chi connectivity index (χ2n) is 30.9. The van der Waals surface area contributed by atoms with Crippen molar-refractivity contribution in [2.75, 3.05) is 0 Å². The van der Waals surface area contributed by atoms with Crippen LogP contribution in [0, 0.1) is 0 Å². The zero-order valence-electron chi connectivity index (χ0n) is 54.8. The molecule has 0 aliphatic heterocycles. The molecule has 0 atom stereocenters. The van der Waals surface area contributed by atoms with Crippen molar-refractivity contribution in [3.63, 3.8) is 0 Å². The Labute approximate surface area is 484 Å². The van der Waals surface area contributed by atoms with Crippen molar-refractivity contribution >= 4 is 489 Å². The summed E-state index contributed by atoms with van der Waals surface area (Å²) in [6.07, 6.45) is 20.4. The van der Waals surface area contributed by atoms with Crippen molar-refractivity contribution in [3.05, 3.63) is 0 Å². The topological polar surface area (TPSA) is 0 Å². The van der Waals surface area contributed by atoms with Gasteiger partial charge in [0.2, 0.25) is 0 Å². The first kappa shape index (κ1) is 73.5. The Bertz CT molecular complexity index is 1130. The lowest BCUT2D eigenvalue weighted by Crippen LogP contribution is -2.98. The van der Waals surface area contributed by atoms with Gasteiger partial charge in [-0.15, -0.1) is 0 Å². The van der Waals surface area contributed by atoms with Crippen LogP contribution in [0.1, 0.15) is 0 Å². The van der Waals surface area contributed by atoms with Gasteiger partial charge in [0.25, 0.3) is 0 Å². The Kier molecular flexibility index (Phi) is 36.1. The summed E-state index contributed by atoms with van der Waals surface area (Å²) in [5, 5.41) is 0. The molecule has 0 N–H and O–H groups in total.